The Balaban J connectivity index is 2.36. The molecular weight excluding hydrogens is 232 g/mol. The molecule has 106 valence electrons. The Morgan fingerprint density at radius 2 is 2.17 bits per heavy atom. The Morgan fingerprint density at radius 1 is 1.44 bits per heavy atom. The number of carbonyl (C=O) groups excluding carboxylic acids is 1. The molecule has 18 heavy (non-hydrogen) atoms. The minimum Gasteiger partial charge on any atom is -0.396 e. The SMILES string of the molecule is CNC1COCC1C(=O)NCC(C)(C)CCCO. The minimum atomic E-state index is -0.0939. The van der Waals surface area contributed by atoms with Crippen LogP contribution in [0.15, 0.2) is 0 Å². The van der Waals surface area contributed by atoms with Crippen molar-refractivity contribution < 1.29 is 14.6 Å². The molecule has 0 radical (unpaired) electrons. The quantitative estimate of drug-likeness (QED) is 0.607. The lowest BCUT2D eigenvalue weighted by Crippen LogP contribution is -2.45. The van der Waals surface area contributed by atoms with Crippen LogP contribution < -0.4 is 10.6 Å². The summed E-state index contributed by atoms with van der Waals surface area (Å²) in [6.07, 6.45) is 1.68. The molecule has 2 atom stereocenters. The van der Waals surface area contributed by atoms with E-state index in [2.05, 4.69) is 24.5 Å². The van der Waals surface area contributed by atoms with Crippen LogP contribution in [0.3, 0.4) is 0 Å². The van der Waals surface area contributed by atoms with Crippen LogP contribution in [0, 0.1) is 11.3 Å². The monoisotopic (exact) mass is 258 g/mol. The highest BCUT2D eigenvalue weighted by molar-refractivity contribution is 5.79. The molecule has 0 spiro atoms. The maximum absolute atomic E-state index is 12.1. The fraction of sp³-hybridized carbons (Fsp3) is 0.923. The highest BCUT2D eigenvalue weighted by atomic mass is 16.5. The van der Waals surface area contributed by atoms with E-state index in [1.165, 1.54) is 0 Å². The zero-order valence-corrected chi connectivity index (χ0v) is 11.7. The predicted molar refractivity (Wildman–Crippen MR) is 70.3 cm³/mol. The third-order valence-corrected chi connectivity index (χ3v) is 3.54. The van der Waals surface area contributed by atoms with Gasteiger partial charge in [-0.3, -0.25) is 4.79 Å². The normalized spacial score (nSPS) is 24.2. The lowest BCUT2D eigenvalue weighted by molar-refractivity contribution is -0.125. The van der Waals surface area contributed by atoms with Crippen LogP contribution in [0.1, 0.15) is 26.7 Å². The Bertz CT molecular complexity index is 269. The number of carbonyl (C=O) groups is 1. The maximum Gasteiger partial charge on any atom is 0.227 e. The van der Waals surface area contributed by atoms with Crippen molar-refractivity contribution in [2.24, 2.45) is 11.3 Å². The molecule has 0 aliphatic carbocycles. The molecule has 3 N–H and O–H groups in total. The van der Waals surface area contributed by atoms with E-state index in [0.29, 0.717) is 19.8 Å². The van der Waals surface area contributed by atoms with Crippen molar-refractivity contribution in [2.75, 3.05) is 33.4 Å². The summed E-state index contributed by atoms with van der Waals surface area (Å²) < 4.78 is 5.32. The topological polar surface area (TPSA) is 70.6 Å². The van der Waals surface area contributed by atoms with Crippen LogP contribution in [0.4, 0.5) is 0 Å². The Morgan fingerprint density at radius 3 is 2.78 bits per heavy atom. The molecule has 0 bridgehead atoms. The van der Waals surface area contributed by atoms with Crippen molar-refractivity contribution in [3.05, 3.63) is 0 Å². The summed E-state index contributed by atoms with van der Waals surface area (Å²) in [6, 6.07) is 0.116. The van der Waals surface area contributed by atoms with E-state index in [1.807, 2.05) is 7.05 Å². The largest absolute Gasteiger partial charge is 0.396 e. The number of ether oxygens (including phenoxy) is 1. The fourth-order valence-electron chi connectivity index (χ4n) is 2.20. The van der Waals surface area contributed by atoms with Gasteiger partial charge in [0.05, 0.1) is 19.1 Å². The molecule has 0 aromatic heterocycles. The summed E-state index contributed by atoms with van der Waals surface area (Å²) in [6.45, 7) is 6.14. The van der Waals surface area contributed by atoms with E-state index in [0.717, 1.165) is 12.8 Å². The van der Waals surface area contributed by atoms with Gasteiger partial charge in [-0.25, -0.2) is 0 Å². The molecule has 1 rings (SSSR count). The zero-order valence-electron chi connectivity index (χ0n) is 11.7. The number of hydrogen-bond donors (Lipinski definition) is 3. The van der Waals surface area contributed by atoms with Crippen LogP contribution in [-0.2, 0) is 9.53 Å². The first-order valence-corrected chi connectivity index (χ1v) is 6.64. The summed E-state index contributed by atoms with van der Waals surface area (Å²) in [5.41, 5.74) is 0.0208. The predicted octanol–water partition coefficient (Wildman–Crippen LogP) is 0.136. The van der Waals surface area contributed by atoms with Crippen molar-refractivity contribution in [3.63, 3.8) is 0 Å². The maximum atomic E-state index is 12.1. The number of rotatable bonds is 7. The van der Waals surface area contributed by atoms with Gasteiger partial charge in [0.2, 0.25) is 5.91 Å². The van der Waals surface area contributed by atoms with Crippen LogP contribution in [-0.4, -0.2) is 50.5 Å². The van der Waals surface area contributed by atoms with E-state index in [4.69, 9.17) is 9.84 Å². The van der Waals surface area contributed by atoms with Gasteiger partial charge in [-0.15, -0.1) is 0 Å². The first-order chi connectivity index (χ1) is 8.50. The molecule has 1 aliphatic heterocycles. The van der Waals surface area contributed by atoms with Crippen LogP contribution in [0.25, 0.3) is 0 Å². The number of likely N-dealkylation sites (N-methyl/N-ethyl adjacent to an activating group) is 1. The van der Waals surface area contributed by atoms with Gasteiger partial charge in [-0.1, -0.05) is 13.8 Å². The van der Waals surface area contributed by atoms with Crippen LogP contribution in [0.5, 0.6) is 0 Å². The third kappa shape index (κ3) is 4.55. The average Bonchev–Trinajstić information content (AvgIpc) is 2.82. The van der Waals surface area contributed by atoms with Gasteiger partial charge in [0.15, 0.2) is 0 Å². The summed E-state index contributed by atoms with van der Waals surface area (Å²) >= 11 is 0. The lowest BCUT2D eigenvalue weighted by atomic mass is 9.87. The molecule has 1 fully saturated rings. The Hall–Kier alpha value is -0.650. The molecule has 5 heteroatoms. The average molecular weight is 258 g/mol. The summed E-state index contributed by atoms with van der Waals surface area (Å²) in [5.74, 6) is -0.0347. The molecule has 2 unspecified atom stereocenters. The second-order valence-electron chi connectivity index (χ2n) is 5.75. The highest BCUT2D eigenvalue weighted by Crippen LogP contribution is 2.21. The highest BCUT2D eigenvalue weighted by Gasteiger charge is 2.33. The van der Waals surface area contributed by atoms with Gasteiger partial charge in [0.25, 0.3) is 0 Å². The summed E-state index contributed by atoms with van der Waals surface area (Å²) in [4.78, 5) is 12.1. The molecular formula is C13H26N2O3. The third-order valence-electron chi connectivity index (χ3n) is 3.54. The van der Waals surface area contributed by atoms with E-state index >= 15 is 0 Å². The van der Waals surface area contributed by atoms with Crippen LogP contribution in [0.2, 0.25) is 0 Å². The van der Waals surface area contributed by atoms with E-state index in [-0.39, 0.29) is 29.9 Å². The van der Waals surface area contributed by atoms with Crippen molar-refractivity contribution in [3.8, 4) is 0 Å². The summed E-state index contributed by atoms with van der Waals surface area (Å²) in [5, 5.41) is 14.9. The Kier molecular flexibility index (Phi) is 6.05. The number of aliphatic hydroxyl groups is 1. The zero-order chi connectivity index (χ0) is 13.6. The van der Waals surface area contributed by atoms with E-state index in [9.17, 15) is 4.79 Å². The van der Waals surface area contributed by atoms with E-state index < -0.39 is 0 Å². The fourth-order valence-corrected chi connectivity index (χ4v) is 2.20. The molecule has 1 aliphatic rings. The first kappa shape index (κ1) is 15.4. The number of nitrogens with one attached hydrogen (secondary N) is 2. The molecule has 1 saturated heterocycles. The minimum absolute atomic E-state index is 0.0208. The van der Waals surface area contributed by atoms with Gasteiger partial charge >= 0.3 is 0 Å². The van der Waals surface area contributed by atoms with Crippen molar-refractivity contribution in [2.45, 2.75) is 32.7 Å². The smallest absolute Gasteiger partial charge is 0.227 e. The lowest BCUT2D eigenvalue weighted by Gasteiger charge is -2.26. The number of amides is 1. The number of hydrogen-bond acceptors (Lipinski definition) is 4. The van der Waals surface area contributed by atoms with Gasteiger partial charge in [0.1, 0.15) is 0 Å². The molecule has 0 aromatic rings. The first-order valence-electron chi connectivity index (χ1n) is 6.64. The van der Waals surface area contributed by atoms with Gasteiger partial charge in [-0.05, 0) is 25.3 Å². The van der Waals surface area contributed by atoms with E-state index in [1.54, 1.807) is 0 Å². The number of aliphatic hydroxyl groups excluding tert-OH is 1. The van der Waals surface area contributed by atoms with Gasteiger partial charge in [-0.2, -0.15) is 0 Å². The molecule has 5 nitrogen and oxygen atoms in total. The van der Waals surface area contributed by atoms with Crippen LogP contribution >= 0.6 is 0 Å². The summed E-state index contributed by atoms with van der Waals surface area (Å²) in [7, 11) is 1.85. The molecule has 1 heterocycles. The van der Waals surface area contributed by atoms with Crippen molar-refractivity contribution in [1.82, 2.24) is 10.6 Å². The Labute approximate surface area is 109 Å². The van der Waals surface area contributed by atoms with Crippen molar-refractivity contribution >= 4 is 5.91 Å². The van der Waals surface area contributed by atoms with Gasteiger partial charge < -0.3 is 20.5 Å². The molecule has 1 amide bonds. The standard InChI is InChI=1S/C13H26N2O3/c1-13(2,5-4-6-16)9-15-12(17)10-7-18-8-11(10)14-3/h10-11,14,16H,4-9H2,1-3H3,(H,15,17). The van der Waals surface area contributed by atoms with Gasteiger partial charge in [0, 0.05) is 19.2 Å². The second-order valence-corrected chi connectivity index (χ2v) is 5.75. The molecule has 0 saturated carbocycles. The second kappa shape index (κ2) is 7.07. The molecule has 0 aromatic carbocycles. The van der Waals surface area contributed by atoms with Crippen molar-refractivity contribution in [1.29, 1.82) is 0 Å².